The van der Waals surface area contributed by atoms with Crippen LogP contribution >= 0.6 is 0 Å². The average molecular weight is 620 g/mol. The first-order chi connectivity index (χ1) is 20.0. The molecule has 1 heterocycles. The summed E-state index contributed by atoms with van der Waals surface area (Å²) in [5, 5.41) is 14.9. The number of hydrogen-bond acceptors (Lipinski definition) is 7. The van der Waals surface area contributed by atoms with Gasteiger partial charge < -0.3 is 30.9 Å². The van der Waals surface area contributed by atoms with Crippen molar-refractivity contribution in [1.29, 1.82) is 0 Å². The Morgan fingerprint density at radius 2 is 1.56 bits per heavy atom. The van der Waals surface area contributed by atoms with Gasteiger partial charge in [0.1, 0.15) is 11.6 Å². The Bertz CT molecular complexity index is 1370. The van der Waals surface area contributed by atoms with E-state index in [1.807, 2.05) is 26.0 Å². The fraction of sp³-hybridized carbons (Fsp3) is 0.308. The third kappa shape index (κ3) is 11.6. The van der Waals surface area contributed by atoms with Crippen LogP contribution in [0.5, 0.6) is 0 Å². The number of carboxylic acids is 1. The molecule has 2 amide bonds. The molecule has 0 unspecified atom stereocenters. The highest BCUT2D eigenvalue weighted by Gasteiger charge is 2.38. The Balaban J connectivity index is 0.000000821. The van der Waals surface area contributed by atoms with E-state index in [0.29, 0.717) is 35.7 Å². The SMILES string of the molecule is CN(C)CCCNc1nccc(N(C)c2ccc(NC(=O)Nc3cc(C(F)(F)F)ccc3F)cc2)n1.O=C(O)C(F)(F)F. The molecule has 0 atom stereocenters. The molecule has 10 nitrogen and oxygen atoms in total. The minimum atomic E-state index is -5.08. The second-order valence-electron chi connectivity index (χ2n) is 9.00. The molecular weight excluding hydrogens is 591 g/mol. The van der Waals surface area contributed by atoms with Crippen LogP contribution in [0.1, 0.15) is 12.0 Å². The Labute approximate surface area is 241 Å². The summed E-state index contributed by atoms with van der Waals surface area (Å²) in [6.45, 7) is 1.68. The van der Waals surface area contributed by atoms with Gasteiger partial charge in [-0.25, -0.2) is 19.0 Å². The molecule has 4 N–H and O–H groups in total. The molecule has 3 aromatic rings. The number of nitrogens with zero attached hydrogens (tertiary/aromatic N) is 4. The van der Waals surface area contributed by atoms with E-state index in [2.05, 4.69) is 30.8 Å². The molecule has 0 aliphatic rings. The van der Waals surface area contributed by atoms with E-state index in [1.54, 1.807) is 36.5 Å². The maximum absolute atomic E-state index is 13.9. The number of urea groups is 1. The number of carboxylic acid groups (broad SMARTS) is 1. The van der Waals surface area contributed by atoms with Gasteiger partial charge in [-0.3, -0.25) is 0 Å². The highest BCUT2D eigenvalue weighted by atomic mass is 19.4. The fourth-order valence-corrected chi connectivity index (χ4v) is 3.20. The molecular formula is C26H28F7N7O3. The van der Waals surface area contributed by atoms with E-state index in [0.717, 1.165) is 25.2 Å². The third-order valence-electron chi connectivity index (χ3n) is 5.35. The molecule has 234 valence electrons. The summed E-state index contributed by atoms with van der Waals surface area (Å²) in [5.74, 6) is -2.58. The van der Waals surface area contributed by atoms with Gasteiger partial charge in [0.05, 0.1) is 11.3 Å². The van der Waals surface area contributed by atoms with Crippen molar-refractivity contribution < 1.29 is 45.4 Å². The van der Waals surface area contributed by atoms with Gasteiger partial charge >= 0.3 is 24.4 Å². The van der Waals surface area contributed by atoms with Crippen molar-refractivity contribution in [3.63, 3.8) is 0 Å². The second-order valence-corrected chi connectivity index (χ2v) is 9.00. The van der Waals surface area contributed by atoms with Gasteiger partial charge in [0.25, 0.3) is 0 Å². The van der Waals surface area contributed by atoms with E-state index in [1.165, 1.54) is 0 Å². The summed E-state index contributed by atoms with van der Waals surface area (Å²) >= 11 is 0. The molecule has 2 aromatic carbocycles. The first-order valence-corrected chi connectivity index (χ1v) is 12.3. The third-order valence-corrected chi connectivity index (χ3v) is 5.35. The largest absolute Gasteiger partial charge is 0.490 e. The predicted octanol–water partition coefficient (Wildman–Crippen LogP) is 6.04. The molecule has 0 radical (unpaired) electrons. The van der Waals surface area contributed by atoms with Gasteiger partial charge in [-0.1, -0.05) is 0 Å². The van der Waals surface area contributed by atoms with Crippen LogP contribution in [0.25, 0.3) is 0 Å². The van der Waals surface area contributed by atoms with E-state index in [-0.39, 0.29) is 0 Å². The van der Waals surface area contributed by atoms with Crippen molar-refractivity contribution in [2.75, 3.05) is 55.1 Å². The van der Waals surface area contributed by atoms with Crippen LogP contribution in [0.4, 0.5) is 64.4 Å². The Kier molecular flexibility index (Phi) is 12.0. The standard InChI is InChI=1S/C24H27F4N7O.C2HF3O2/c1-34(2)14-4-12-29-22-30-13-11-21(33-22)35(3)18-8-6-17(7-9-18)31-23(36)32-20-15-16(24(26,27)28)5-10-19(20)25;3-2(4,5)1(6)7/h5-11,13,15H,4,12,14H2,1-3H3,(H,29,30,33)(H2,31,32,36);(H,6,7). The summed E-state index contributed by atoms with van der Waals surface area (Å²) in [4.78, 5) is 33.8. The van der Waals surface area contributed by atoms with Crippen LogP contribution in [-0.2, 0) is 11.0 Å². The predicted molar refractivity (Wildman–Crippen MR) is 146 cm³/mol. The number of carbonyl (C=O) groups excluding carboxylic acids is 1. The van der Waals surface area contributed by atoms with Crippen LogP contribution in [-0.4, -0.2) is 72.4 Å². The van der Waals surface area contributed by atoms with Crippen LogP contribution < -0.4 is 20.9 Å². The molecule has 3 rings (SSSR count). The number of halogens is 7. The fourth-order valence-electron chi connectivity index (χ4n) is 3.20. The number of nitrogens with one attached hydrogen (secondary N) is 3. The number of carbonyl (C=O) groups is 2. The number of alkyl halides is 6. The number of amides is 2. The van der Waals surface area contributed by atoms with Crippen molar-refractivity contribution in [1.82, 2.24) is 14.9 Å². The molecule has 0 aliphatic heterocycles. The van der Waals surface area contributed by atoms with Gasteiger partial charge in [-0.2, -0.15) is 31.3 Å². The number of hydrogen-bond donors (Lipinski definition) is 4. The van der Waals surface area contributed by atoms with Gasteiger partial charge in [0, 0.05) is 31.2 Å². The zero-order valence-corrected chi connectivity index (χ0v) is 23.0. The summed E-state index contributed by atoms with van der Waals surface area (Å²) in [7, 11) is 5.84. The highest BCUT2D eigenvalue weighted by molar-refractivity contribution is 6.00. The van der Waals surface area contributed by atoms with Gasteiger partial charge in [0.15, 0.2) is 0 Å². The molecule has 0 bridgehead atoms. The maximum atomic E-state index is 13.9. The van der Waals surface area contributed by atoms with Gasteiger partial charge in [-0.15, -0.1) is 0 Å². The molecule has 0 aliphatic carbocycles. The zero-order chi connectivity index (χ0) is 32.4. The number of aliphatic carboxylic acids is 1. The maximum Gasteiger partial charge on any atom is 0.490 e. The summed E-state index contributed by atoms with van der Waals surface area (Å²) < 4.78 is 84.2. The van der Waals surface area contributed by atoms with E-state index < -0.39 is 41.4 Å². The van der Waals surface area contributed by atoms with Gasteiger partial charge in [0.2, 0.25) is 5.95 Å². The van der Waals surface area contributed by atoms with E-state index in [9.17, 15) is 35.5 Å². The van der Waals surface area contributed by atoms with Crippen molar-refractivity contribution in [2.45, 2.75) is 18.8 Å². The monoisotopic (exact) mass is 619 g/mol. The van der Waals surface area contributed by atoms with Crippen LogP contribution in [0.2, 0.25) is 0 Å². The summed E-state index contributed by atoms with van der Waals surface area (Å²) in [5.41, 5.74) is -0.512. The van der Waals surface area contributed by atoms with E-state index in [4.69, 9.17) is 9.90 Å². The zero-order valence-electron chi connectivity index (χ0n) is 23.0. The molecule has 0 spiro atoms. The average Bonchev–Trinajstić information content (AvgIpc) is 2.91. The van der Waals surface area contributed by atoms with Gasteiger partial charge in [-0.05, 0) is 75.6 Å². The van der Waals surface area contributed by atoms with Crippen molar-refractivity contribution in [3.8, 4) is 0 Å². The number of rotatable bonds is 9. The molecule has 1 aromatic heterocycles. The van der Waals surface area contributed by atoms with Crippen LogP contribution in [0.3, 0.4) is 0 Å². The molecule has 43 heavy (non-hydrogen) atoms. The lowest BCUT2D eigenvalue weighted by Crippen LogP contribution is -2.21. The van der Waals surface area contributed by atoms with Crippen LogP contribution in [0, 0.1) is 5.82 Å². The number of anilines is 5. The minimum Gasteiger partial charge on any atom is -0.475 e. The second kappa shape index (κ2) is 15.0. The highest BCUT2D eigenvalue weighted by Crippen LogP contribution is 2.32. The lowest BCUT2D eigenvalue weighted by atomic mass is 10.2. The first-order valence-electron chi connectivity index (χ1n) is 12.3. The lowest BCUT2D eigenvalue weighted by Gasteiger charge is -2.19. The smallest absolute Gasteiger partial charge is 0.475 e. The van der Waals surface area contributed by atoms with Crippen molar-refractivity contribution in [3.05, 3.63) is 66.1 Å². The summed E-state index contributed by atoms with van der Waals surface area (Å²) in [6.07, 6.45) is -7.14. The van der Waals surface area contributed by atoms with Crippen molar-refractivity contribution >= 4 is 40.8 Å². The van der Waals surface area contributed by atoms with Crippen molar-refractivity contribution in [2.24, 2.45) is 0 Å². The molecule has 0 fully saturated rings. The normalized spacial score (nSPS) is 11.3. The van der Waals surface area contributed by atoms with Crippen LogP contribution in [0.15, 0.2) is 54.7 Å². The van der Waals surface area contributed by atoms with E-state index >= 15 is 0 Å². The molecule has 0 saturated carbocycles. The Hall–Kier alpha value is -4.67. The molecule has 0 saturated heterocycles. The quantitative estimate of drug-likeness (QED) is 0.169. The molecule has 17 heteroatoms. The number of aromatic nitrogens is 2. The Morgan fingerprint density at radius 1 is 0.930 bits per heavy atom. The summed E-state index contributed by atoms with van der Waals surface area (Å²) in [6, 6.07) is 9.35. The Morgan fingerprint density at radius 3 is 2.12 bits per heavy atom. The minimum absolute atomic E-state index is 0.364. The lowest BCUT2D eigenvalue weighted by molar-refractivity contribution is -0.192. The number of benzene rings is 2. The first kappa shape index (κ1) is 34.5. The topological polar surface area (TPSA) is 123 Å².